The predicted octanol–water partition coefficient (Wildman–Crippen LogP) is 1.13. The third-order valence-electron chi connectivity index (χ3n) is 4.04. The monoisotopic (exact) mass is 486 g/mol. The van der Waals surface area contributed by atoms with Gasteiger partial charge in [0, 0.05) is 28.7 Å². The maximum Gasteiger partial charge on any atom is 2.00 e. The molecule has 0 aromatic carbocycles. The van der Waals surface area contributed by atoms with Crippen LogP contribution in [0.5, 0.6) is 0 Å². The maximum atomic E-state index is 7.57. The Bertz CT molecular complexity index is 1120. The predicted molar refractivity (Wildman–Crippen MR) is 117 cm³/mol. The molecule has 3 aromatic heterocycles. The Hall–Kier alpha value is -2.04. The average molecular weight is 486 g/mol. The molecule has 0 spiro atoms. The van der Waals surface area contributed by atoms with E-state index >= 15 is 0 Å². The minimum Gasteiger partial charge on any atom is -0.870 e. The van der Waals surface area contributed by atoms with Gasteiger partial charge in [0.25, 0.3) is 0 Å². The Balaban J connectivity index is 0. The van der Waals surface area contributed by atoms with Gasteiger partial charge >= 0.3 is 46.6 Å². The molecule has 8 nitrogen and oxygen atoms in total. The van der Waals surface area contributed by atoms with Gasteiger partial charge in [-0.1, -0.05) is 0 Å². The Morgan fingerprint density at radius 2 is 0.906 bits per heavy atom. The van der Waals surface area contributed by atoms with Crippen LogP contribution in [0.15, 0.2) is 48.5 Å². The number of nitrogens with zero attached hydrogens (tertiary/aromatic N) is 2. The van der Waals surface area contributed by atoms with E-state index in [9.17, 15) is 0 Å². The second kappa shape index (κ2) is 14.9. The molecule has 2 aliphatic rings. The molecule has 2 aliphatic heterocycles. The molecule has 32 heavy (non-hydrogen) atoms. The molecule has 0 atom stereocenters. The molecule has 5 rings (SSSR count). The van der Waals surface area contributed by atoms with Gasteiger partial charge < -0.3 is 31.5 Å². The zero-order chi connectivity index (χ0) is 18.6. The first-order valence-corrected chi connectivity index (χ1v) is 8.87. The fourth-order valence-corrected chi connectivity index (χ4v) is 2.94. The van der Waals surface area contributed by atoms with Crippen LogP contribution >= 0.6 is 0 Å². The number of aromatic nitrogens is 4. The number of aromatic amines is 2. The Morgan fingerprint density at radius 3 is 1.25 bits per heavy atom. The van der Waals surface area contributed by atoms with E-state index in [1.54, 1.807) is 6.92 Å². The fraction of sp³-hybridized carbons (Fsp3) is 0.0909. The first-order chi connectivity index (χ1) is 13.2. The number of fused-ring (bicyclic) bond motifs is 8. The Kier molecular flexibility index (Phi) is 15.0. The normalized spacial score (nSPS) is 10.1. The smallest absolute Gasteiger partial charge is 0.870 e. The number of H-pyrrole nitrogens is 2. The summed E-state index contributed by atoms with van der Waals surface area (Å²) in [6, 6.07) is 16.4. The average Bonchev–Trinajstić information content (AvgIpc) is 3.41. The van der Waals surface area contributed by atoms with E-state index in [1.807, 2.05) is 42.5 Å². The quantitative estimate of drug-likeness (QED) is 0.277. The molecule has 0 unspecified atom stereocenters. The van der Waals surface area contributed by atoms with Gasteiger partial charge in [-0.2, -0.15) is 0 Å². The minimum atomic E-state index is 0. The summed E-state index contributed by atoms with van der Waals surface area (Å²) in [4.78, 5) is 16.0. The molecule has 5 heterocycles. The zero-order valence-corrected chi connectivity index (χ0v) is 20.8. The second-order valence-electron chi connectivity index (χ2n) is 6.22. The first-order valence-electron chi connectivity index (χ1n) is 8.87. The molecule has 6 N–H and O–H groups in total. The van der Waals surface area contributed by atoms with Gasteiger partial charge in [0.05, 0.1) is 22.8 Å². The molecule has 0 aliphatic carbocycles. The Morgan fingerprint density at radius 1 is 0.625 bits per heavy atom. The van der Waals surface area contributed by atoms with E-state index < -0.39 is 0 Å². The van der Waals surface area contributed by atoms with Gasteiger partial charge in [0.15, 0.2) is 0 Å². The van der Waals surface area contributed by atoms with Gasteiger partial charge in [-0.3, -0.25) is 0 Å². The zero-order valence-electron chi connectivity index (χ0n) is 17.7. The summed E-state index contributed by atoms with van der Waals surface area (Å²) in [6.07, 6.45) is 8.05. The van der Waals surface area contributed by atoms with E-state index in [-0.39, 0.29) is 69.7 Å². The number of hydrogen-bond acceptors (Lipinski definition) is 6. The van der Waals surface area contributed by atoms with Gasteiger partial charge in [-0.25, -0.2) is 9.97 Å². The van der Waals surface area contributed by atoms with Crippen molar-refractivity contribution in [3.8, 4) is 0 Å². The van der Waals surface area contributed by atoms with Crippen molar-refractivity contribution in [2.45, 2.75) is 6.92 Å². The van der Waals surface area contributed by atoms with Gasteiger partial charge in [0.2, 0.25) is 0 Å². The van der Waals surface area contributed by atoms with Crippen molar-refractivity contribution < 1.29 is 68.2 Å². The summed E-state index contributed by atoms with van der Waals surface area (Å²) in [7, 11) is 0. The van der Waals surface area contributed by atoms with Crippen LogP contribution in [0.1, 0.15) is 29.7 Å². The van der Waals surface area contributed by atoms with E-state index in [2.05, 4.69) is 50.3 Å². The molecule has 0 amide bonds. The van der Waals surface area contributed by atoms with Crippen molar-refractivity contribution in [1.82, 2.24) is 19.9 Å². The molecule has 10 heteroatoms. The number of rotatable bonds is 0. The molecular formula is C22H23FeN4NaO4. The number of aliphatic hydroxyl groups excluding tert-OH is 1. The molecule has 3 aromatic rings. The van der Waals surface area contributed by atoms with Gasteiger partial charge in [0.1, 0.15) is 0 Å². The van der Waals surface area contributed by atoms with Gasteiger partial charge in [-0.15, -0.1) is 0 Å². The third-order valence-corrected chi connectivity index (χ3v) is 4.04. The summed E-state index contributed by atoms with van der Waals surface area (Å²) in [6.45, 7) is 1.93. The number of aliphatic hydroxyl groups is 1. The summed E-state index contributed by atoms with van der Waals surface area (Å²) in [5.41, 5.74) is 7.86. The summed E-state index contributed by atoms with van der Waals surface area (Å²) in [5.74, 6) is 0. The number of nitrogens with one attached hydrogen (secondary N) is 2. The fourth-order valence-electron chi connectivity index (χ4n) is 2.94. The second-order valence-corrected chi connectivity index (χ2v) is 6.22. The summed E-state index contributed by atoms with van der Waals surface area (Å²) in [5, 5.41) is 7.57. The minimum absolute atomic E-state index is 0. The largest absolute Gasteiger partial charge is 2.00 e. The molecule has 164 valence electrons. The van der Waals surface area contributed by atoms with Crippen LogP contribution in [0.25, 0.3) is 46.4 Å². The topological polar surface area (TPSA) is 168 Å². The molecule has 0 radical (unpaired) electrons. The summed E-state index contributed by atoms with van der Waals surface area (Å²) >= 11 is 0. The maximum absolute atomic E-state index is 7.57. The molecule has 0 saturated carbocycles. The molecule has 8 bridgehead atoms. The molecule has 0 fully saturated rings. The molecular weight excluding hydrogens is 463 g/mol. The van der Waals surface area contributed by atoms with E-state index in [1.165, 1.54) is 0 Å². The SMILES string of the molecule is C1=Cc2cc3ccc(cc4ccc(cc5nc(cc1n2)C=C5)[nH]4)[nH]3.CCO.[Fe+2].[Na+].[OH-].[OH-].[OH-]. The Labute approximate surface area is 218 Å². The number of hydrogen-bond donors (Lipinski definition) is 3. The van der Waals surface area contributed by atoms with Gasteiger partial charge in [-0.05, 0) is 79.8 Å². The van der Waals surface area contributed by atoms with Crippen LogP contribution in [-0.2, 0) is 17.1 Å². The van der Waals surface area contributed by atoms with Crippen molar-refractivity contribution >= 4 is 46.4 Å². The van der Waals surface area contributed by atoms with Crippen LogP contribution in [0.3, 0.4) is 0 Å². The van der Waals surface area contributed by atoms with Crippen LogP contribution in [0, 0.1) is 0 Å². The van der Waals surface area contributed by atoms with Crippen molar-refractivity contribution in [3.05, 3.63) is 71.3 Å². The van der Waals surface area contributed by atoms with Crippen molar-refractivity contribution in [3.63, 3.8) is 0 Å². The van der Waals surface area contributed by atoms with E-state index in [0.29, 0.717) is 0 Å². The first kappa shape index (κ1) is 32.1. The third kappa shape index (κ3) is 8.14. The van der Waals surface area contributed by atoms with Crippen molar-refractivity contribution in [2.75, 3.05) is 6.61 Å². The standard InChI is InChI=1S/C20H14N4.C2H6O.Fe.Na.3H2O/c1-2-14-10-16-5-6-18(23-16)12-20-8-7-19(24-20)11-17-4-3-15(22-17)9-13(1)21-14;1-2-3;;;;;/h1-12,21-22H;3H,2H2,1H3;;;3*1H2/q;;+2;+1;;;/p-3. The van der Waals surface area contributed by atoms with Crippen molar-refractivity contribution in [1.29, 1.82) is 0 Å². The molecule has 0 saturated heterocycles. The van der Waals surface area contributed by atoms with E-state index in [4.69, 9.17) is 5.11 Å². The van der Waals surface area contributed by atoms with Crippen molar-refractivity contribution in [2.24, 2.45) is 0 Å². The summed E-state index contributed by atoms with van der Waals surface area (Å²) < 4.78 is 0. The van der Waals surface area contributed by atoms with Crippen LogP contribution in [0.2, 0.25) is 0 Å². The van der Waals surface area contributed by atoms with Crippen LogP contribution < -0.4 is 29.6 Å². The van der Waals surface area contributed by atoms with E-state index in [0.717, 1.165) is 44.8 Å². The van der Waals surface area contributed by atoms with Crippen LogP contribution in [0.4, 0.5) is 0 Å². The van der Waals surface area contributed by atoms with Crippen LogP contribution in [-0.4, -0.2) is 48.1 Å².